The maximum Gasteiger partial charge on any atom is 0.251 e. The fraction of sp³-hybridized carbons (Fsp3) is 0.222. The molecular weight excluding hydrogens is 368 g/mol. The monoisotopic (exact) mass is 386 g/mol. The van der Waals surface area contributed by atoms with Crippen LogP contribution in [0.25, 0.3) is 10.7 Å². The molecule has 140 valence electrons. The van der Waals surface area contributed by atoms with Crippen LogP contribution in [0.2, 0.25) is 0 Å². The molecule has 2 amide bonds. The molecule has 0 radical (unpaired) electrons. The summed E-state index contributed by atoms with van der Waals surface area (Å²) < 4.78 is 10.4. The molecule has 0 saturated heterocycles. The Hall–Kier alpha value is -3.20. The third-order valence-electron chi connectivity index (χ3n) is 3.74. The number of rotatable bonds is 7. The molecule has 0 saturated carbocycles. The van der Waals surface area contributed by atoms with Crippen LogP contribution in [0.15, 0.2) is 40.2 Å². The Balaban J connectivity index is 1.63. The zero-order valence-corrected chi connectivity index (χ0v) is 15.6. The van der Waals surface area contributed by atoms with Gasteiger partial charge < -0.3 is 19.9 Å². The number of anilines is 1. The third-order valence-corrected chi connectivity index (χ3v) is 4.60. The van der Waals surface area contributed by atoms with E-state index in [9.17, 15) is 9.59 Å². The second kappa shape index (κ2) is 8.45. The maximum absolute atomic E-state index is 12.3. The number of amides is 2. The van der Waals surface area contributed by atoms with Crippen LogP contribution in [0.1, 0.15) is 22.7 Å². The minimum Gasteiger partial charge on any atom is -0.495 e. The number of methoxy groups -OCH3 is 1. The number of ether oxygens (including phenoxy) is 1. The summed E-state index contributed by atoms with van der Waals surface area (Å²) in [6.07, 6.45) is 0.459. The first-order chi connectivity index (χ1) is 13.1. The van der Waals surface area contributed by atoms with Gasteiger partial charge in [-0.15, -0.1) is 11.3 Å². The van der Waals surface area contributed by atoms with E-state index in [0.29, 0.717) is 35.1 Å². The zero-order valence-electron chi connectivity index (χ0n) is 14.8. The van der Waals surface area contributed by atoms with Gasteiger partial charge in [-0.25, -0.2) is 0 Å². The van der Waals surface area contributed by atoms with E-state index in [1.807, 2.05) is 17.5 Å². The number of aryl methyl sites for hydroxylation is 1. The van der Waals surface area contributed by atoms with Crippen LogP contribution in [0.5, 0.6) is 5.75 Å². The predicted octanol–water partition coefficient (Wildman–Crippen LogP) is 2.74. The quantitative estimate of drug-likeness (QED) is 0.647. The van der Waals surface area contributed by atoms with E-state index >= 15 is 0 Å². The van der Waals surface area contributed by atoms with E-state index in [0.717, 1.165) is 4.88 Å². The second-order valence-corrected chi connectivity index (χ2v) is 6.48. The van der Waals surface area contributed by atoms with Crippen molar-refractivity contribution in [2.75, 3.05) is 19.5 Å². The molecule has 0 aliphatic carbocycles. The van der Waals surface area contributed by atoms with E-state index in [2.05, 4.69) is 20.8 Å². The molecule has 1 aromatic carbocycles. The molecule has 8 nitrogen and oxygen atoms in total. The first-order valence-corrected chi connectivity index (χ1v) is 9.05. The van der Waals surface area contributed by atoms with Crippen molar-refractivity contribution in [2.45, 2.75) is 12.8 Å². The average Bonchev–Trinajstić information content (AvgIpc) is 3.37. The highest BCUT2D eigenvalue weighted by molar-refractivity contribution is 7.13. The number of nitrogens with one attached hydrogen (secondary N) is 2. The molecule has 3 aromatic rings. The molecule has 2 aromatic heterocycles. The van der Waals surface area contributed by atoms with Crippen LogP contribution in [0.4, 0.5) is 5.69 Å². The van der Waals surface area contributed by atoms with Crippen molar-refractivity contribution in [1.82, 2.24) is 15.5 Å². The number of nitrogens with zero attached hydrogens (tertiary/aromatic N) is 2. The number of benzene rings is 1. The first-order valence-electron chi connectivity index (χ1n) is 8.17. The van der Waals surface area contributed by atoms with Crippen LogP contribution in [-0.2, 0) is 11.2 Å². The molecule has 0 spiro atoms. The lowest BCUT2D eigenvalue weighted by molar-refractivity contribution is -0.116. The van der Waals surface area contributed by atoms with Gasteiger partial charge in [0.1, 0.15) is 5.75 Å². The third kappa shape index (κ3) is 4.50. The van der Waals surface area contributed by atoms with Gasteiger partial charge in [0.2, 0.25) is 17.6 Å². The number of hydrogen-bond acceptors (Lipinski definition) is 7. The highest BCUT2D eigenvalue weighted by atomic mass is 32.1. The Kier molecular flexibility index (Phi) is 5.82. The topological polar surface area (TPSA) is 106 Å². The number of carbonyl (C=O) groups excluding carboxylic acids is 2. The van der Waals surface area contributed by atoms with Crippen molar-refractivity contribution in [1.29, 1.82) is 0 Å². The Morgan fingerprint density at radius 2 is 2.15 bits per heavy atom. The molecule has 9 heteroatoms. The summed E-state index contributed by atoms with van der Waals surface area (Å²) >= 11 is 1.51. The van der Waals surface area contributed by atoms with Crippen LogP contribution in [0, 0.1) is 0 Å². The maximum atomic E-state index is 12.3. The second-order valence-electron chi connectivity index (χ2n) is 5.53. The average molecular weight is 386 g/mol. The highest BCUT2D eigenvalue weighted by Crippen LogP contribution is 2.26. The van der Waals surface area contributed by atoms with Crippen molar-refractivity contribution in [3.63, 3.8) is 0 Å². The number of aromatic nitrogens is 2. The minimum atomic E-state index is -0.252. The number of carbonyl (C=O) groups is 2. The van der Waals surface area contributed by atoms with Crippen molar-refractivity contribution in [3.8, 4) is 16.5 Å². The van der Waals surface area contributed by atoms with Gasteiger partial charge in [-0.05, 0) is 29.6 Å². The first kappa shape index (κ1) is 18.6. The lowest BCUT2D eigenvalue weighted by Gasteiger charge is -2.11. The molecule has 3 rings (SSSR count). The smallest absolute Gasteiger partial charge is 0.251 e. The van der Waals surface area contributed by atoms with Crippen molar-refractivity contribution >= 4 is 28.8 Å². The van der Waals surface area contributed by atoms with Crippen LogP contribution < -0.4 is 15.4 Å². The molecule has 0 unspecified atom stereocenters. The van der Waals surface area contributed by atoms with E-state index < -0.39 is 0 Å². The van der Waals surface area contributed by atoms with Crippen LogP contribution in [0.3, 0.4) is 0 Å². The van der Waals surface area contributed by atoms with Crippen LogP contribution >= 0.6 is 11.3 Å². The largest absolute Gasteiger partial charge is 0.495 e. The Morgan fingerprint density at radius 1 is 1.30 bits per heavy atom. The Bertz CT molecular complexity index is 937. The summed E-state index contributed by atoms with van der Waals surface area (Å²) in [4.78, 5) is 29.3. The van der Waals surface area contributed by atoms with E-state index in [1.54, 1.807) is 25.2 Å². The van der Waals surface area contributed by atoms with Gasteiger partial charge in [-0.1, -0.05) is 11.2 Å². The fourth-order valence-corrected chi connectivity index (χ4v) is 3.04. The lowest BCUT2D eigenvalue weighted by Crippen LogP contribution is -2.19. The van der Waals surface area contributed by atoms with Gasteiger partial charge in [0, 0.05) is 25.5 Å². The standard InChI is InChI=1S/C18H18N4O4S/c1-19-18(24)11-5-6-13(25-2)12(10-11)20-15(23)7-8-16-21-17(22-26-16)14-4-3-9-27-14/h3-6,9-10H,7-8H2,1-2H3,(H,19,24)(H,20,23). The zero-order chi connectivity index (χ0) is 19.2. The molecular formula is C18H18N4O4S. The summed E-state index contributed by atoms with van der Waals surface area (Å²) in [5, 5.41) is 11.1. The molecule has 0 bridgehead atoms. The summed E-state index contributed by atoms with van der Waals surface area (Å²) in [6.45, 7) is 0. The van der Waals surface area contributed by atoms with Crippen molar-refractivity contribution in [3.05, 3.63) is 47.2 Å². The minimum absolute atomic E-state index is 0.152. The SMILES string of the molecule is CNC(=O)c1ccc(OC)c(NC(=O)CCc2nc(-c3cccs3)no2)c1. The van der Waals surface area contributed by atoms with Gasteiger partial charge in [-0.3, -0.25) is 9.59 Å². The molecule has 27 heavy (non-hydrogen) atoms. The van der Waals surface area contributed by atoms with E-state index in [1.165, 1.54) is 18.4 Å². The molecule has 0 aliphatic rings. The highest BCUT2D eigenvalue weighted by Gasteiger charge is 2.14. The van der Waals surface area contributed by atoms with Gasteiger partial charge in [0.15, 0.2) is 0 Å². The number of thiophene rings is 1. The Morgan fingerprint density at radius 3 is 2.85 bits per heavy atom. The molecule has 2 heterocycles. The number of hydrogen-bond donors (Lipinski definition) is 2. The summed E-state index contributed by atoms with van der Waals surface area (Å²) in [7, 11) is 3.04. The Labute approximate surface area is 159 Å². The fourth-order valence-electron chi connectivity index (χ4n) is 2.39. The van der Waals surface area contributed by atoms with Gasteiger partial charge in [0.25, 0.3) is 5.91 Å². The summed E-state index contributed by atoms with van der Waals surface area (Å²) in [5.41, 5.74) is 0.847. The van der Waals surface area contributed by atoms with E-state index in [-0.39, 0.29) is 18.2 Å². The van der Waals surface area contributed by atoms with Crippen molar-refractivity contribution < 1.29 is 18.8 Å². The van der Waals surface area contributed by atoms with Crippen LogP contribution in [-0.4, -0.2) is 36.1 Å². The van der Waals surface area contributed by atoms with Crippen molar-refractivity contribution in [2.24, 2.45) is 0 Å². The van der Waals surface area contributed by atoms with Gasteiger partial charge in [0.05, 0.1) is 17.7 Å². The predicted molar refractivity (Wildman–Crippen MR) is 101 cm³/mol. The molecule has 2 N–H and O–H groups in total. The molecule has 0 aliphatic heterocycles. The van der Waals surface area contributed by atoms with Gasteiger partial charge in [-0.2, -0.15) is 4.98 Å². The molecule has 0 atom stereocenters. The lowest BCUT2D eigenvalue weighted by atomic mass is 10.1. The summed E-state index contributed by atoms with van der Waals surface area (Å²) in [5.74, 6) is 0.868. The molecule has 0 fully saturated rings. The van der Waals surface area contributed by atoms with E-state index in [4.69, 9.17) is 9.26 Å². The normalized spacial score (nSPS) is 10.4. The summed E-state index contributed by atoms with van der Waals surface area (Å²) in [6, 6.07) is 8.63. The van der Waals surface area contributed by atoms with Gasteiger partial charge >= 0.3 is 0 Å².